The van der Waals surface area contributed by atoms with Crippen LogP contribution in [0.15, 0.2) is 29.1 Å². The Bertz CT molecular complexity index is 855. The Morgan fingerprint density at radius 3 is 2.52 bits per heavy atom. The fourth-order valence-electron chi connectivity index (χ4n) is 2.67. The van der Waals surface area contributed by atoms with Crippen LogP contribution in [-0.2, 0) is 24.3 Å². The number of aromatic amines is 2. The molecular weight excluding hydrogens is 336 g/mol. The molecule has 134 valence electrons. The van der Waals surface area contributed by atoms with Crippen LogP contribution in [-0.4, -0.2) is 34.9 Å². The Morgan fingerprint density at radius 1 is 1.20 bits per heavy atom. The van der Waals surface area contributed by atoms with E-state index in [1.165, 1.54) is 5.56 Å². The van der Waals surface area contributed by atoms with Crippen LogP contribution in [0.2, 0.25) is 0 Å². The molecule has 0 atom stereocenters. The number of H-pyrrole nitrogens is 2. The van der Waals surface area contributed by atoms with Gasteiger partial charge >= 0.3 is 0 Å². The molecule has 1 aromatic heterocycles. The average Bonchev–Trinajstić information content (AvgIpc) is 2.52. The summed E-state index contributed by atoms with van der Waals surface area (Å²) in [4.78, 5) is 31.6. The average molecular weight is 360 g/mol. The molecule has 0 aliphatic carbocycles. The number of nitrogens with zero attached hydrogens (tertiary/aromatic N) is 1. The van der Waals surface area contributed by atoms with Crippen molar-refractivity contribution in [3.05, 3.63) is 61.8 Å². The maximum atomic E-state index is 12.1. The Kier molecular flexibility index (Phi) is 6.66. The molecule has 0 saturated carbocycles. The summed E-state index contributed by atoms with van der Waals surface area (Å²) in [5.74, 6) is -0.0825. The van der Waals surface area contributed by atoms with E-state index < -0.39 is 0 Å². The number of carbonyl (C=O) groups excluding carboxylic acids is 1. The van der Waals surface area contributed by atoms with E-state index in [1.54, 1.807) is 6.92 Å². The van der Waals surface area contributed by atoms with Gasteiger partial charge in [0, 0.05) is 30.8 Å². The molecule has 2 rings (SSSR count). The maximum Gasteiger partial charge on any atom is 0.255 e. The van der Waals surface area contributed by atoms with Crippen LogP contribution in [0.5, 0.6) is 0 Å². The number of carbonyl (C=O) groups is 1. The second-order valence-corrected chi connectivity index (χ2v) is 6.70. The molecule has 1 aromatic carbocycles. The van der Waals surface area contributed by atoms with Crippen LogP contribution in [0, 0.1) is 11.7 Å². The molecule has 6 nitrogen and oxygen atoms in total. The van der Waals surface area contributed by atoms with Crippen molar-refractivity contribution in [3.63, 3.8) is 0 Å². The second kappa shape index (κ2) is 8.73. The lowest BCUT2D eigenvalue weighted by Gasteiger charge is -2.14. The Labute approximate surface area is 152 Å². The quantitative estimate of drug-likeness (QED) is 0.660. The summed E-state index contributed by atoms with van der Waals surface area (Å²) in [5, 5.41) is 2.93. The number of hydrogen-bond acceptors (Lipinski definition) is 4. The molecule has 0 aliphatic rings. The molecule has 3 N–H and O–H groups in total. The molecular formula is C18H24N4O2S. The lowest BCUT2D eigenvalue weighted by molar-refractivity contribution is -0.121. The van der Waals surface area contributed by atoms with Crippen molar-refractivity contribution in [2.75, 3.05) is 14.1 Å². The first kappa shape index (κ1) is 19.1. The van der Waals surface area contributed by atoms with E-state index in [9.17, 15) is 9.59 Å². The zero-order chi connectivity index (χ0) is 18.4. The zero-order valence-electron chi connectivity index (χ0n) is 14.8. The van der Waals surface area contributed by atoms with Crippen LogP contribution in [0.1, 0.15) is 28.8 Å². The van der Waals surface area contributed by atoms with Gasteiger partial charge in [-0.1, -0.05) is 24.3 Å². The highest BCUT2D eigenvalue weighted by Gasteiger charge is 2.09. The van der Waals surface area contributed by atoms with Crippen LogP contribution >= 0.6 is 12.2 Å². The van der Waals surface area contributed by atoms with Gasteiger partial charge in [-0.2, -0.15) is 0 Å². The summed E-state index contributed by atoms with van der Waals surface area (Å²) >= 11 is 4.93. The minimum Gasteiger partial charge on any atom is -0.352 e. The predicted octanol–water partition coefficient (Wildman–Crippen LogP) is 2.05. The minimum atomic E-state index is -0.231. The lowest BCUT2D eigenvalue weighted by Crippen LogP contribution is -2.26. The Morgan fingerprint density at radius 2 is 1.88 bits per heavy atom. The van der Waals surface area contributed by atoms with Crippen LogP contribution in [0.25, 0.3) is 0 Å². The van der Waals surface area contributed by atoms with Gasteiger partial charge in [-0.15, -0.1) is 0 Å². The molecule has 2 aromatic rings. The van der Waals surface area contributed by atoms with Crippen molar-refractivity contribution in [3.8, 4) is 0 Å². The molecule has 0 bridgehead atoms. The van der Waals surface area contributed by atoms with Crippen molar-refractivity contribution < 1.29 is 4.79 Å². The van der Waals surface area contributed by atoms with Crippen molar-refractivity contribution >= 4 is 18.1 Å². The van der Waals surface area contributed by atoms with Crippen LogP contribution in [0.4, 0.5) is 0 Å². The van der Waals surface area contributed by atoms with E-state index in [0.717, 1.165) is 12.1 Å². The predicted molar refractivity (Wildman–Crippen MR) is 101 cm³/mol. The molecule has 7 heteroatoms. The van der Waals surface area contributed by atoms with Gasteiger partial charge in [0.25, 0.3) is 5.56 Å². The third-order valence-electron chi connectivity index (χ3n) is 3.94. The SMILES string of the molecule is Cc1[nH]c(=S)[nH]c(=O)c1CCC(=O)NCc1ccccc1CN(C)C. The molecule has 1 amide bonds. The van der Waals surface area contributed by atoms with Gasteiger partial charge in [-0.25, -0.2) is 0 Å². The first-order chi connectivity index (χ1) is 11.9. The number of benzene rings is 1. The summed E-state index contributed by atoms with van der Waals surface area (Å²) in [7, 11) is 4.03. The third-order valence-corrected chi connectivity index (χ3v) is 4.14. The third kappa shape index (κ3) is 5.65. The molecule has 0 unspecified atom stereocenters. The van der Waals surface area contributed by atoms with Crippen molar-refractivity contribution in [2.45, 2.75) is 32.9 Å². The van der Waals surface area contributed by atoms with E-state index in [-0.39, 0.29) is 17.9 Å². The molecule has 1 heterocycles. The van der Waals surface area contributed by atoms with Gasteiger partial charge in [-0.05, 0) is 50.8 Å². The van der Waals surface area contributed by atoms with Crippen molar-refractivity contribution in [1.29, 1.82) is 0 Å². The summed E-state index contributed by atoms with van der Waals surface area (Å²) in [6.07, 6.45) is 0.628. The minimum absolute atomic E-state index is 0.0825. The van der Waals surface area contributed by atoms with Gasteiger partial charge < -0.3 is 15.2 Å². The molecule has 0 aliphatic heterocycles. The molecule has 0 spiro atoms. The van der Waals surface area contributed by atoms with E-state index >= 15 is 0 Å². The van der Waals surface area contributed by atoms with Gasteiger partial charge in [0.2, 0.25) is 5.91 Å². The number of rotatable bonds is 7. The normalized spacial score (nSPS) is 10.9. The Hall–Kier alpha value is -2.25. The maximum absolute atomic E-state index is 12.1. The summed E-state index contributed by atoms with van der Waals surface area (Å²) < 4.78 is 0.299. The highest BCUT2D eigenvalue weighted by Crippen LogP contribution is 2.10. The van der Waals surface area contributed by atoms with E-state index in [2.05, 4.69) is 26.3 Å². The smallest absolute Gasteiger partial charge is 0.255 e. The summed E-state index contributed by atoms with van der Waals surface area (Å²) in [6, 6.07) is 8.05. The fraction of sp³-hybridized carbons (Fsp3) is 0.389. The standard InChI is InChI=1S/C18H24N4O2S/c1-12-15(17(24)21-18(25)20-12)8-9-16(23)19-10-13-6-4-5-7-14(13)11-22(2)3/h4-7H,8-11H2,1-3H3,(H,19,23)(H2,20,21,24,25). The fourth-order valence-corrected chi connectivity index (χ4v) is 2.92. The number of hydrogen-bond donors (Lipinski definition) is 3. The topological polar surface area (TPSA) is 81.0 Å². The molecule has 0 fully saturated rings. The molecule has 0 radical (unpaired) electrons. The highest BCUT2D eigenvalue weighted by atomic mass is 32.1. The molecule has 25 heavy (non-hydrogen) atoms. The number of aromatic nitrogens is 2. The van der Waals surface area contributed by atoms with Crippen LogP contribution in [0.3, 0.4) is 0 Å². The van der Waals surface area contributed by atoms with Crippen molar-refractivity contribution in [2.24, 2.45) is 0 Å². The first-order valence-electron chi connectivity index (χ1n) is 8.17. The number of aryl methyl sites for hydroxylation is 1. The van der Waals surface area contributed by atoms with E-state index in [1.807, 2.05) is 32.3 Å². The lowest BCUT2D eigenvalue weighted by atomic mass is 10.1. The second-order valence-electron chi connectivity index (χ2n) is 6.30. The van der Waals surface area contributed by atoms with E-state index in [4.69, 9.17) is 12.2 Å². The zero-order valence-corrected chi connectivity index (χ0v) is 15.6. The van der Waals surface area contributed by atoms with Crippen LogP contribution < -0.4 is 10.9 Å². The highest BCUT2D eigenvalue weighted by molar-refractivity contribution is 7.71. The summed E-state index contributed by atoms with van der Waals surface area (Å²) in [6.45, 7) is 3.09. The monoisotopic (exact) mass is 360 g/mol. The largest absolute Gasteiger partial charge is 0.352 e. The Balaban J connectivity index is 1.94. The summed E-state index contributed by atoms with van der Waals surface area (Å²) in [5.41, 5.74) is 3.33. The number of amides is 1. The van der Waals surface area contributed by atoms with Crippen molar-refractivity contribution in [1.82, 2.24) is 20.2 Å². The van der Waals surface area contributed by atoms with Gasteiger partial charge in [0.1, 0.15) is 0 Å². The van der Waals surface area contributed by atoms with Gasteiger partial charge in [-0.3, -0.25) is 14.6 Å². The molecule has 0 saturated heterocycles. The van der Waals surface area contributed by atoms with Gasteiger partial charge in [0.15, 0.2) is 4.77 Å². The van der Waals surface area contributed by atoms with Gasteiger partial charge in [0.05, 0.1) is 0 Å². The number of nitrogens with one attached hydrogen (secondary N) is 3. The first-order valence-corrected chi connectivity index (χ1v) is 8.58. The van der Waals surface area contributed by atoms with E-state index in [0.29, 0.717) is 29.0 Å².